The molecule has 0 aromatic carbocycles. The number of anilines is 1. The van der Waals surface area contributed by atoms with Crippen molar-refractivity contribution in [2.24, 2.45) is 5.73 Å². The third-order valence-corrected chi connectivity index (χ3v) is 3.04. The van der Waals surface area contributed by atoms with E-state index in [1.165, 1.54) is 0 Å². The van der Waals surface area contributed by atoms with Crippen LogP contribution in [0.1, 0.15) is 45.7 Å². The van der Waals surface area contributed by atoms with Gasteiger partial charge in [0.25, 0.3) is 0 Å². The molecule has 3 heteroatoms. The first-order valence-electron chi connectivity index (χ1n) is 6.08. The van der Waals surface area contributed by atoms with Crippen LogP contribution in [-0.4, -0.2) is 17.6 Å². The molecule has 0 fully saturated rings. The van der Waals surface area contributed by atoms with Gasteiger partial charge in [0.1, 0.15) is 5.82 Å². The molecule has 90 valence electrons. The molecule has 1 rings (SSSR count). The largest absolute Gasteiger partial charge is 0.354 e. The van der Waals surface area contributed by atoms with E-state index in [0.717, 1.165) is 24.3 Å². The molecule has 0 radical (unpaired) electrons. The predicted octanol–water partition coefficient (Wildman–Crippen LogP) is 2.73. The van der Waals surface area contributed by atoms with E-state index in [0.29, 0.717) is 6.04 Å². The lowest BCUT2D eigenvalue weighted by Gasteiger charge is -2.30. The zero-order valence-corrected chi connectivity index (χ0v) is 10.8. The summed E-state index contributed by atoms with van der Waals surface area (Å²) in [6, 6.07) is 4.55. The summed E-state index contributed by atoms with van der Waals surface area (Å²) in [6.45, 7) is 9.55. The maximum absolute atomic E-state index is 5.98. The van der Waals surface area contributed by atoms with Crippen LogP contribution in [0.2, 0.25) is 0 Å². The first-order valence-corrected chi connectivity index (χ1v) is 6.08. The lowest BCUT2D eigenvalue weighted by molar-refractivity contribution is 0.616. The van der Waals surface area contributed by atoms with Gasteiger partial charge in [-0.15, -0.1) is 0 Å². The molecule has 2 atom stereocenters. The SMILES string of the molecule is CCC(C)N(CC)c1ncccc1[C@H](C)N. The topological polar surface area (TPSA) is 42.2 Å². The van der Waals surface area contributed by atoms with Crippen LogP contribution >= 0.6 is 0 Å². The summed E-state index contributed by atoms with van der Waals surface area (Å²) >= 11 is 0. The normalized spacial score (nSPS) is 14.6. The molecule has 0 aliphatic carbocycles. The van der Waals surface area contributed by atoms with E-state index in [4.69, 9.17) is 5.73 Å². The first-order chi connectivity index (χ1) is 7.61. The Bertz CT molecular complexity index is 323. The van der Waals surface area contributed by atoms with Gasteiger partial charge in [0.05, 0.1) is 0 Å². The van der Waals surface area contributed by atoms with Gasteiger partial charge in [-0.05, 0) is 33.3 Å². The Balaban J connectivity index is 3.09. The molecule has 0 spiro atoms. The van der Waals surface area contributed by atoms with Crippen LogP contribution in [0, 0.1) is 0 Å². The van der Waals surface area contributed by atoms with Crippen LogP contribution < -0.4 is 10.6 Å². The highest BCUT2D eigenvalue weighted by Gasteiger charge is 2.17. The number of hydrogen-bond donors (Lipinski definition) is 1. The highest BCUT2D eigenvalue weighted by Crippen LogP contribution is 2.24. The van der Waals surface area contributed by atoms with Crippen molar-refractivity contribution < 1.29 is 0 Å². The van der Waals surface area contributed by atoms with Crippen molar-refractivity contribution >= 4 is 5.82 Å². The molecule has 16 heavy (non-hydrogen) atoms. The Labute approximate surface area is 98.7 Å². The fourth-order valence-corrected chi connectivity index (χ4v) is 1.90. The van der Waals surface area contributed by atoms with Crippen LogP contribution in [0.5, 0.6) is 0 Å². The first kappa shape index (κ1) is 13.0. The standard InChI is InChI=1S/C13H23N3/c1-5-10(3)16(6-2)13-12(11(4)14)8-7-9-15-13/h7-11H,5-6,14H2,1-4H3/t10?,11-/m0/s1. The molecular formula is C13H23N3. The second kappa shape index (κ2) is 5.85. The average molecular weight is 221 g/mol. The molecule has 2 N–H and O–H groups in total. The van der Waals surface area contributed by atoms with E-state index in [-0.39, 0.29) is 6.04 Å². The average Bonchev–Trinajstić information content (AvgIpc) is 2.30. The number of rotatable bonds is 5. The zero-order valence-electron chi connectivity index (χ0n) is 10.8. The van der Waals surface area contributed by atoms with E-state index in [2.05, 4.69) is 36.7 Å². The summed E-state index contributed by atoms with van der Waals surface area (Å²) in [5.41, 5.74) is 7.11. The minimum Gasteiger partial charge on any atom is -0.354 e. The summed E-state index contributed by atoms with van der Waals surface area (Å²) in [6.07, 6.45) is 2.95. The van der Waals surface area contributed by atoms with Gasteiger partial charge < -0.3 is 10.6 Å². The Morgan fingerprint density at radius 1 is 1.38 bits per heavy atom. The van der Waals surface area contributed by atoms with Gasteiger partial charge in [-0.25, -0.2) is 4.98 Å². The van der Waals surface area contributed by atoms with E-state index in [9.17, 15) is 0 Å². The Morgan fingerprint density at radius 3 is 2.56 bits per heavy atom. The molecule has 0 aliphatic rings. The van der Waals surface area contributed by atoms with Gasteiger partial charge in [-0.3, -0.25) is 0 Å². The lowest BCUT2D eigenvalue weighted by Crippen LogP contribution is -2.34. The maximum atomic E-state index is 5.98. The Hall–Kier alpha value is -1.09. The third-order valence-electron chi connectivity index (χ3n) is 3.04. The van der Waals surface area contributed by atoms with Crippen molar-refractivity contribution in [3.8, 4) is 0 Å². The quantitative estimate of drug-likeness (QED) is 0.831. The molecule has 0 saturated carbocycles. The van der Waals surface area contributed by atoms with Crippen molar-refractivity contribution in [3.63, 3.8) is 0 Å². The second-order valence-electron chi connectivity index (χ2n) is 4.25. The highest BCUT2D eigenvalue weighted by atomic mass is 15.2. The summed E-state index contributed by atoms with van der Waals surface area (Å²) in [5.74, 6) is 1.04. The number of nitrogens with zero attached hydrogens (tertiary/aromatic N) is 2. The predicted molar refractivity (Wildman–Crippen MR) is 69.6 cm³/mol. The number of nitrogens with two attached hydrogens (primary N) is 1. The number of aromatic nitrogens is 1. The van der Waals surface area contributed by atoms with Crippen LogP contribution in [0.4, 0.5) is 5.82 Å². The summed E-state index contributed by atoms with van der Waals surface area (Å²) in [4.78, 5) is 6.80. The summed E-state index contributed by atoms with van der Waals surface area (Å²) in [7, 11) is 0. The second-order valence-corrected chi connectivity index (χ2v) is 4.25. The summed E-state index contributed by atoms with van der Waals surface area (Å²) < 4.78 is 0. The van der Waals surface area contributed by atoms with Crippen LogP contribution in [0.25, 0.3) is 0 Å². The molecule has 1 unspecified atom stereocenters. The Kier molecular flexibility index (Phi) is 4.74. The van der Waals surface area contributed by atoms with Crippen molar-refractivity contribution in [2.75, 3.05) is 11.4 Å². The van der Waals surface area contributed by atoms with Crippen LogP contribution in [-0.2, 0) is 0 Å². The molecule has 0 amide bonds. The van der Waals surface area contributed by atoms with Crippen molar-refractivity contribution in [1.29, 1.82) is 0 Å². The Morgan fingerprint density at radius 2 is 2.06 bits per heavy atom. The highest BCUT2D eigenvalue weighted by molar-refractivity contribution is 5.48. The van der Waals surface area contributed by atoms with Crippen LogP contribution in [0.3, 0.4) is 0 Å². The van der Waals surface area contributed by atoms with Crippen molar-refractivity contribution in [1.82, 2.24) is 4.98 Å². The lowest BCUT2D eigenvalue weighted by atomic mass is 10.1. The van der Waals surface area contributed by atoms with Gasteiger partial charge in [-0.2, -0.15) is 0 Å². The molecular weight excluding hydrogens is 198 g/mol. The zero-order chi connectivity index (χ0) is 12.1. The summed E-state index contributed by atoms with van der Waals surface area (Å²) in [5, 5.41) is 0. The molecule has 0 aliphatic heterocycles. The molecule has 3 nitrogen and oxygen atoms in total. The third kappa shape index (κ3) is 2.73. The molecule has 1 aromatic rings. The van der Waals surface area contributed by atoms with Gasteiger partial charge >= 0.3 is 0 Å². The number of pyridine rings is 1. The fourth-order valence-electron chi connectivity index (χ4n) is 1.90. The molecule has 0 bridgehead atoms. The maximum Gasteiger partial charge on any atom is 0.133 e. The minimum absolute atomic E-state index is 0.0295. The van der Waals surface area contributed by atoms with Crippen molar-refractivity contribution in [2.45, 2.75) is 46.2 Å². The molecule has 1 heterocycles. The minimum atomic E-state index is 0.0295. The van der Waals surface area contributed by atoms with E-state index < -0.39 is 0 Å². The fraction of sp³-hybridized carbons (Fsp3) is 0.615. The van der Waals surface area contributed by atoms with E-state index in [1.807, 2.05) is 19.2 Å². The van der Waals surface area contributed by atoms with E-state index >= 15 is 0 Å². The number of hydrogen-bond acceptors (Lipinski definition) is 3. The van der Waals surface area contributed by atoms with Gasteiger partial charge in [-0.1, -0.05) is 13.0 Å². The van der Waals surface area contributed by atoms with Gasteiger partial charge in [0.2, 0.25) is 0 Å². The van der Waals surface area contributed by atoms with Crippen molar-refractivity contribution in [3.05, 3.63) is 23.9 Å². The monoisotopic (exact) mass is 221 g/mol. The molecule has 0 saturated heterocycles. The van der Waals surface area contributed by atoms with Gasteiger partial charge in [0, 0.05) is 30.4 Å². The van der Waals surface area contributed by atoms with Gasteiger partial charge in [0.15, 0.2) is 0 Å². The molecule has 1 aromatic heterocycles. The van der Waals surface area contributed by atoms with Crippen LogP contribution in [0.15, 0.2) is 18.3 Å². The van der Waals surface area contributed by atoms with E-state index in [1.54, 1.807) is 0 Å². The smallest absolute Gasteiger partial charge is 0.133 e.